The number of nitrogens with one attached hydrogen (secondary N) is 1. The second kappa shape index (κ2) is 8.11. The summed E-state index contributed by atoms with van der Waals surface area (Å²) in [6, 6.07) is 0.595. The van der Waals surface area contributed by atoms with E-state index in [-0.39, 0.29) is 5.91 Å². The van der Waals surface area contributed by atoms with Crippen LogP contribution in [0.3, 0.4) is 0 Å². The number of carbonyl (C=O) groups is 1. The molecule has 1 saturated heterocycles. The Morgan fingerprint density at radius 1 is 1.19 bits per heavy atom. The van der Waals surface area contributed by atoms with Crippen LogP contribution in [0.15, 0.2) is 0 Å². The molecule has 0 aromatic rings. The average Bonchev–Trinajstić information content (AvgIpc) is 2.36. The van der Waals surface area contributed by atoms with E-state index in [2.05, 4.69) is 43.1 Å². The van der Waals surface area contributed by atoms with Gasteiger partial charge < -0.3 is 15.1 Å². The van der Waals surface area contributed by atoms with Crippen LogP contribution in [0.5, 0.6) is 0 Å². The van der Waals surface area contributed by atoms with E-state index in [0.29, 0.717) is 18.0 Å². The number of rotatable bonds is 7. The third kappa shape index (κ3) is 7.25. The predicted octanol–water partition coefficient (Wildman–Crippen LogP) is 0.716. The Bertz CT molecular complexity index is 320. The van der Waals surface area contributed by atoms with Crippen LogP contribution in [0.25, 0.3) is 0 Å². The lowest BCUT2D eigenvalue weighted by molar-refractivity contribution is -0.130. The number of likely N-dealkylation sites (N-methyl/N-ethyl adjacent to an activating group) is 1. The maximum Gasteiger partial charge on any atom is 0.236 e. The Balaban J connectivity index is 2.26. The highest BCUT2D eigenvalue weighted by Gasteiger charge is 2.24. The van der Waals surface area contributed by atoms with Gasteiger partial charge in [-0.25, -0.2) is 0 Å². The molecule has 0 bridgehead atoms. The minimum absolute atomic E-state index is 0.202. The Morgan fingerprint density at radius 2 is 1.76 bits per heavy atom. The first-order chi connectivity index (χ1) is 9.69. The highest BCUT2D eigenvalue weighted by atomic mass is 16.2. The van der Waals surface area contributed by atoms with E-state index in [1.165, 1.54) is 0 Å². The molecule has 0 atom stereocenters. The van der Waals surface area contributed by atoms with Crippen molar-refractivity contribution in [3.63, 3.8) is 0 Å². The molecule has 0 aliphatic carbocycles. The summed E-state index contributed by atoms with van der Waals surface area (Å²) < 4.78 is 0. The average molecular weight is 298 g/mol. The largest absolute Gasteiger partial charge is 0.348 e. The lowest BCUT2D eigenvalue weighted by Gasteiger charge is -2.35. The fourth-order valence-electron chi connectivity index (χ4n) is 2.96. The molecule has 124 valence electrons. The Labute approximate surface area is 130 Å². The Hall–Kier alpha value is -0.650. The standard InChI is InChI=1S/C16H34N4O/c1-16(2,13-18(3)4)12-17-14-7-9-20(10-8-14)11-15(21)19(5)6/h14,17H,7-13H2,1-6H3. The van der Waals surface area contributed by atoms with Crippen LogP contribution in [0.2, 0.25) is 0 Å². The number of carbonyl (C=O) groups excluding carboxylic acids is 1. The highest BCUT2D eigenvalue weighted by molar-refractivity contribution is 5.77. The van der Waals surface area contributed by atoms with Crippen LogP contribution < -0.4 is 5.32 Å². The summed E-state index contributed by atoms with van der Waals surface area (Å²) >= 11 is 0. The van der Waals surface area contributed by atoms with Gasteiger partial charge in [0.1, 0.15) is 0 Å². The summed E-state index contributed by atoms with van der Waals surface area (Å²) in [4.78, 5) is 17.9. The maximum atomic E-state index is 11.7. The molecule has 0 aromatic heterocycles. The molecule has 21 heavy (non-hydrogen) atoms. The summed E-state index contributed by atoms with van der Waals surface area (Å²) in [7, 11) is 7.90. The molecule has 1 amide bonds. The van der Waals surface area contributed by atoms with E-state index in [1.807, 2.05) is 14.1 Å². The van der Waals surface area contributed by atoms with Gasteiger partial charge in [-0.1, -0.05) is 13.8 Å². The van der Waals surface area contributed by atoms with Crippen molar-refractivity contribution >= 4 is 5.91 Å². The second-order valence-electron chi connectivity index (χ2n) is 7.62. The van der Waals surface area contributed by atoms with Crippen LogP contribution >= 0.6 is 0 Å². The van der Waals surface area contributed by atoms with E-state index in [1.54, 1.807) is 4.90 Å². The third-order valence-electron chi connectivity index (χ3n) is 4.06. The van der Waals surface area contributed by atoms with Crippen LogP contribution in [-0.4, -0.2) is 87.6 Å². The fourth-order valence-corrected chi connectivity index (χ4v) is 2.96. The van der Waals surface area contributed by atoms with Gasteiger partial charge in [-0.3, -0.25) is 9.69 Å². The van der Waals surface area contributed by atoms with Crippen molar-refractivity contribution in [2.45, 2.75) is 32.7 Å². The molecule has 1 aliphatic rings. The van der Waals surface area contributed by atoms with Crippen LogP contribution in [0, 0.1) is 5.41 Å². The Kier molecular flexibility index (Phi) is 7.10. The normalized spacial score (nSPS) is 18.2. The van der Waals surface area contributed by atoms with E-state index in [9.17, 15) is 4.79 Å². The zero-order valence-electron chi connectivity index (χ0n) is 14.8. The second-order valence-corrected chi connectivity index (χ2v) is 7.62. The van der Waals surface area contributed by atoms with E-state index < -0.39 is 0 Å². The quantitative estimate of drug-likeness (QED) is 0.752. The first kappa shape index (κ1) is 18.4. The summed E-state index contributed by atoms with van der Waals surface area (Å²) in [6.45, 7) is 9.36. The van der Waals surface area contributed by atoms with Gasteiger partial charge in [0.15, 0.2) is 0 Å². The van der Waals surface area contributed by atoms with Crippen LogP contribution in [-0.2, 0) is 4.79 Å². The van der Waals surface area contributed by atoms with Crippen molar-refractivity contribution in [2.24, 2.45) is 5.41 Å². The molecule has 5 nitrogen and oxygen atoms in total. The number of hydrogen-bond acceptors (Lipinski definition) is 4. The zero-order valence-corrected chi connectivity index (χ0v) is 14.8. The van der Waals surface area contributed by atoms with E-state index in [4.69, 9.17) is 0 Å². The lowest BCUT2D eigenvalue weighted by atomic mass is 9.92. The topological polar surface area (TPSA) is 38.8 Å². The maximum absolute atomic E-state index is 11.7. The molecule has 5 heteroatoms. The predicted molar refractivity (Wildman–Crippen MR) is 88.5 cm³/mol. The molecule has 0 spiro atoms. The molecule has 0 unspecified atom stereocenters. The zero-order chi connectivity index (χ0) is 16.0. The SMILES string of the molecule is CN(C)CC(C)(C)CNC1CCN(CC(=O)N(C)C)CC1. The molecule has 0 saturated carbocycles. The third-order valence-corrected chi connectivity index (χ3v) is 4.06. The number of nitrogens with zero attached hydrogens (tertiary/aromatic N) is 3. The van der Waals surface area contributed by atoms with E-state index >= 15 is 0 Å². The minimum atomic E-state index is 0.202. The smallest absolute Gasteiger partial charge is 0.236 e. The van der Waals surface area contributed by atoms with Gasteiger partial charge >= 0.3 is 0 Å². The van der Waals surface area contributed by atoms with Crippen molar-refractivity contribution in [3.8, 4) is 0 Å². The van der Waals surface area contributed by atoms with Gasteiger partial charge in [-0.2, -0.15) is 0 Å². The van der Waals surface area contributed by atoms with Gasteiger partial charge in [-0.05, 0) is 32.4 Å². The molecular weight excluding hydrogens is 264 g/mol. The summed E-state index contributed by atoms with van der Waals surface area (Å²) in [6.07, 6.45) is 2.28. The van der Waals surface area contributed by atoms with E-state index in [0.717, 1.165) is 39.0 Å². The molecule has 0 aromatic carbocycles. The fraction of sp³-hybridized carbons (Fsp3) is 0.938. The first-order valence-electron chi connectivity index (χ1n) is 8.00. The molecule has 1 heterocycles. The van der Waals surface area contributed by atoms with Crippen molar-refractivity contribution in [3.05, 3.63) is 0 Å². The molecule has 1 rings (SSSR count). The van der Waals surface area contributed by atoms with Gasteiger partial charge in [-0.15, -0.1) is 0 Å². The molecule has 0 radical (unpaired) electrons. The number of amides is 1. The molecular formula is C16H34N4O. The van der Waals surface area contributed by atoms with Crippen molar-refractivity contribution in [1.82, 2.24) is 20.0 Å². The molecule has 1 fully saturated rings. The molecule has 1 N–H and O–H groups in total. The van der Waals surface area contributed by atoms with Crippen molar-refractivity contribution in [2.75, 3.05) is 60.9 Å². The lowest BCUT2D eigenvalue weighted by Crippen LogP contribution is -2.48. The van der Waals surface area contributed by atoms with Crippen LogP contribution in [0.4, 0.5) is 0 Å². The number of hydrogen-bond donors (Lipinski definition) is 1. The Morgan fingerprint density at radius 3 is 2.24 bits per heavy atom. The van der Waals surface area contributed by atoms with Gasteiger partial charge in [0.25, 0.3) is 0 Å². The number of piperidine rings is 1. The monoisotopic (exact) mass is 298 g/mol. The summed E-state index contributed by atoms with van der Waals surface area (Å²) in [5.74, 6) is 0.202. The van der Waals surface area contributed by atoms with Crippen molar-refractivity contribution in [1.29, 1.82) is 0 Å². The van der Waals surface area contributed by atoms with Crippen LogP contribution in [0.1, 0.15) is 26.7 Å². The van der Waals surface area contributed by atoms with Crippen molar-refractivity contribution < 1.29 is 4.79 Å². The first-order valence-corrected chi connectivity index (χ1v) is 8.00. The number of likely N-dealkylation sites (tertiary alicyclic amines) is 1. The van der Waals surface area contributed by atoms with Gasteiger partial charge in [0, 0.05) is 46.3 Å². The summed E-state index contributed by atoms with van der Waals surface area (Å²) in [5.41, 5.74) is 0.293. The minimum Gasteiger partial charge on any atom is -0.348 e. The summed E-state index contributed by atoms with van der Waals surface area (Å²) in [5, 5.41) is 3.72. The molecule has 1 aliphatic heterocycles. The van der Waals surface area contributed by atoms with Gasteiger partial charge in [0.05, 0.1) is 6.54 Å². The van der Waals surface area contributed by atoms with Gasteiger partial charge in [0.2, 0.25) is 5.91 Å². The highest BCUT2D eigenvalue weighted by Crippen LogP contribution is 2.17.